The number of aromatic nitrogens is 5. The van der Waals surface area contributed by atoms with Gasteiger partial charge in [-0.1, -0.05) is 0 Å². The summed E-state index contributed by atoms with van der Waals surface area (Å²) in [4.78, 5) is 34.4. The van der Waals surface area contributed by atoms with E-state index in [0.717, 1.165) is 27.5 Å². The maximum Gasteiger partial charge on any atom is 0.255 e. The molecule has 0 bridgehead atoms. The number of nitrogens with zero attached hydrogens (tertiary/aromatic N) is 7. The van der Waals surface area contributed by atoms with Crippen LogP contribution in [0.2, 0.25) is 0 Å². The highest BCUT2D eigenvalue weighted by Crippen LogP contribution is 2.20. The number of imidazole rings is 1. The van der Waals surface area contributed by atoms with Gasteiger partial charge in [0.15, 0.2) is 0 Å². The van der Waals surface area contributed by atoms with E-state index in [-0.39, 0.29) is 5.91 Å². The molecule has 8 nitrogen and oxygen atoms in total. The van der Waals surface area contributed by atoms with Crippen molar-refractivity contribution in [2.24, 2.45) is 0 Å². The summed E-state index contributed by atoms with van der Waals surface area (Å²) in [5.41, 5.74) is 2.64. The number of carbonyl (C=O) groups is 1. The van der Waals surface area contributed by atoms with Crippen molar-refractivity contribution in [1.82, 2.24) is 29.4 Å². The van der Waals surface area contributed by atoms with E-state index in [0.29, 0.717) is 37.6 Å². The zero-order valence-electron chi connectivity index (χ0n) is 16.6. The third-order valence-electron chi connectivity index (χ3n) is 5.15. The van der Waals surface area contributed by atoms with E-state index in [4.69, 9.17) is 0 Å². The Morgan fingerprint density at radius 2 is 1.72 bits per heavy atom. The summed E-state index contributed by atoms with van der Waals surface area (Å²) in [6.07, 6.45) is 5.07. The monoisotopic (exact) mass is 455 g/mol. The van der Waals surface area contributed by atoms with Crippen LogP contribution in [0.4, 0.5) is 5.82 Å². The summed E-state index contributed by atoms with van der Waals surface area (Å²) in [5, 5.41) is 0. The van der Waals surface area contributed by atoms with E-state index in [2.05, 4.69) is 40.8 Å². The first-order valence-electron chi connectivity index (χ1n) is 9.44. The van der Waals surface area contributed by atoms with Crippen LogP contribution < -0.4 is 4.90 Å². The topological polar surface area (TPSA) is 80.0 Å². The highest BCUT2D eigenvalue weighted by atomic mass is 79.9. The molecule has 3 aromatic rings. The molecule has 0 atom stereocenters. The molecular weight excluding hydrogens is 434 g/mol. The van der Waals surface area contributed by atoms with Crippen molar-refractivity contribution in [3.63, 3.8) is 0 Å². The normalized spacial score (nSPS) is 14.3. The van der Waals surface area contributed by atoms with Gasteiger partial charge in [0.2, 0.25) is 0 Å². The van der Waals surface area contributed by atoms with Gasteiger partial charge in [0.1, 0.15) is 23.8 Å². The Hall–Kier alpha value is -2.81. The zero-order valence-corrected chi connectivity index (χ0v) is 18.2. The number of carbonyl (C=O) groups excluding carboxylic acids is 1. The largest absolute Gasteiger partial charge is 0.353 e. The van der Waals surface area contributed by atoms with Crippen LogP contribution in [0, 0.1) is 20.8 Å². The molecule has 1 amide bonds. The Labute approximate surface area is 177 Å². The van der Waals surface area contributed by atoms with Gasteiger partial charge >= 0.3 is 0 Å². The number of aryl methyl sites for hydroxylation is 2. The van der Waals surface area contributed by atoms with E-state index in [1.165, 1.54) is 0 Å². The lowest BCUT2D eigenvalue weighted by atomic mass is 10.2. The number of halogens is 1. The van der Waals surface area contributed by atoms with Crippen LogP contribution in [0.5, 0.6) is 0 Å². The van der Waals surface area contributed by atoms with E-state index < -0.39 is 0 Å². The molecular formula is C20H22BrN7O. The second kappa shape index (κ2) is 7.90. The van der Waals surface area contributed by atoms with Crippen LogP contribution in [0.3, 0.4) is 0 Å². The fourth-order valence-electron chi connectivity index (χ4n) is 3.40. The molecule has 1 fully saturated rings. The van der Waals surface area contributed by atoms with Crippen LogP contribution in [-0.2, 0) is 0 Å². The van der Waals surface area contributed by atoms with Gasteiger partial charge in [0, 0.05) is 54.8 Å². The highest BCUT2D eigenvalue weighted by Gasteiger charge is 2.24. The summed E-state index contributed by atoms with van der Waals surface area (Å²) in [6, 6.07) is 3.79. The third-order valence-corrected chi connectivity index (χ3v) is 5.59. The molecule has 0 spiro atoms. The minimum absolute atomic E-state index is 0.00234. The van der Waals surface area contributed by atoms with Crippen LogP contribution in [0.15, 0.2) is 35.3 Å². The molecule has 0 radical (unpaired) electrons. The van der Waals surface area contributed by atoms with E-state index in [9.17, 15) is 4.79 Å². The zero-order chi connectivity index (χ0) is 20.5. The smallest absolute Gasteiger partial charge is 0.255 e. The lowest BCUT2D eigenvalue weighted by molar-refractivity contribution is 0.0746. The second-order valence-electron chi connectivity index (χ2n) is 7.09. The van der Waals surface area contributed by atoms with E-state index in [1.54, 1.807) is 24.8 Å². The number of hydrogen-bond acceptors (Lipinski definition) is 6. The fourth-order valence-corrected chi connectivity index (χ4v) is 3.77. The Morgan fingerprint density at radius 1 is 1.00 bits per heavy atom. The Bertz CT molecular complexity index is 1060. The van der Waals surface area contributed by atoms with Crippen molar-refractivity contribution in [3.05, 3.63) is 58.1 Å². The molecule has 3 aromatic heterocycles. The predicted octanol–water partition coefficient (Wildman–Crippen LogP) is 2.71. The number of rotatable bonds is 3. The van der Waals surface area contributed by atoms with Gasteiger partial charge in [-0.05, 0) is 42.8 Å². The summed E-state index contributed by atoms with van der Waals surface area (Å²) < 4.78 is 2.78. The molecule has 0 N–H and O–H groups in total. The Kier molecular flexibility index (Phi) is 5.31. The minimum atomic E-state index is 0.00234. The van der Waals surface area contributed by atoms with Gasteiger partial charge in [-0.3, -0.25) is 14.3 Å². The summed E-state index contributed by atoms with van der Waals surface area (Å²) in [7, 11) is 0. The second-order valence-corrected chi connectivity index (χ2v) is 8.00. The molecule has 0 saturated carbocycles. The van der Waals surface area contributed by atoms with Crippen molar-refractivity contribution < 1.29 is 4.79 Å². The summed E-state index contributed by atoms with van der Waals surface area (Å²) in [6.45, 7) is 8.60. The van der Waals surface area contributed by atoms with Crippen molar-refractivity contribution >= 4 is 27.7 Å². The first-order chi connectivity index (χ1) is 13.9. The molecule has 0 unspecified atom stereocenters. The van der Waals surface area contributed by atoms with Gasteiger partial charge < -0.3 is 9.80 Å². The Balaban J connectivity index is 1.50. The van der Waals surface area contributed by atoms with Gasteiger partial charge in [-0.25, -0.2) is 15.0 Å². The van der Waals surface area contributed by atoms with Gasteiger partial charge in [0.25, 0.3) is 5.91 Å². The van der Waals surface area contributed by atoms with Gasteiger partial charge in [-0.15, -0.1) is 0 Å². The highest BCUT2D eigenvalue weighted by molar-refractivity contribution is 9.10. The van der Waals surface area contributed by atoms with Gasteiger partial charge in [-0.2, -0.15) is 0 Å². The molecule has 0 aromatic carbocycles. The number of amides is 1. The predicted molar refractivity (Wildman–Crippen MR) is 113 cm³/mol. The minimum Gasteiger partial charge on any atom is -0.353 e. The fraction of sp³-hybridized carbons (Fsp3) is 0.350. The van der Waals surface area contributed by atoms with Crippen LogP contribution in [0.25, 0.3) is 5.82 Å². The third kappa shape index (κ3) is 4.00. The maximum absolute atomic E-state index is 12.7. The average Bonchev–Trinajstić information content (AvgIpc) is 3.06. The van der Waals surface area contributed by atoms with E-state index >= 15 is 0 Å². The number of piperazine rings is 1. The van der Waals surface area contributed by atoms with Crippen molar-refractivity contribution in [3.8, 4) is 5.82 Å². The molecule has 1 aliphatic heterocycles. The van der Waals surface area contributed by atoms with Crippen molar-refractivity contribution in [1.29, 1.82) is 0 Å². The van der Waals surface area contributed by atoms with Crippen molar-refractivity contribution in [2.75, 3.05) is 31.1 Å². The lowest BCUT2D eigenvalue weighted by Crippen LogP contribution is -2.49. The van der Waals surface area contributed by atoms with Crippen LogP contribution in [0.1, 0.15) is 27.6 Å². The quantitative estimate of drug-likeness (QED) is 0.603. The standard InChI is InChI=1S/C20H22BrN7O/c1-13-14(2)28(12-23-13)19-9-18(24-15(3)25-19)26-4-6-27(7-5-26)20(29)16-8-17(21)11-22-10-16/h8-12H,4-7H2,1-3H3. The molecule has 4 heterocycles. The molecule has 4 rings (SSSR count). The Morgan fingerprint density at radius 3 is 2.38 bits per heavy atom. The van der Waals surface area contributed by atoms with Crippen molar-refractivity contribution in [2.45, 2.75) is 20.8 Å². The first-order valence-corrected chi connectivity index (χ1v) is 10.2. The average molecular weight is 456 g/mol. The molecule has 1 saturated heterocycles. The van der Waals surface area contributed by atoms with E-state index in [1.807, 2.05) is 36.3 Å². The summed E-state index contributed by atoms with van der Waals surface area (Å²) >= 11 is 3.37. The first kappa shape index (κ1) is 19.5. The molecule has 9 heteroatoms. The lowest BCUT2D eigenvalue weighted by Gasteiger charge is -2.35. The maximum atomic E-state index is 12.7. The number of anilines is 1. The molecule has 0 aliphatic carbocycles. The van der Waals surface area contributed by atoms with Crippen LogP contribution in [-0.4, -0.2) is 61.5 Å². The summed E-state index contributed by atoms with van der Waals surface area (Å²) in [5.74, 6) is 2.39. The molecule has 150 valence electrons. The molecule has 1 aliphatic rings. The SMILES string of the molecule is Cc1nc(N2CCN(C(=O)c3cncc(Br)c3)CC2)cc(-n2cnc(C)c2C)n1. The number of hydrogen-bond donors (Lipinski definition) is 0. The van der Waals surface area contributed by atoms with Gasteiger partial charge in [0.05, 0.1) is 11.3 Å². The van der Waals surface area contributed by atoms with Crippen LogP contribution >= 0.6 is 15.9 Å². The number of pyridine rings is 1. The molecule has 29 heavy (non-hydrogen) atoms.